The molecule has 1 N–H and O–H groups in total. The Kier molecular flexibility index (Phi) is 5.81. The Morgan fingerprint density at radius 2 is 1.56 bits per heavy atom. The van der Waals surface area contributed by atoms with Gasteiger partial charge in [-0.15, -0.1) is 0 Å². The molecular formula is C25H26N4O3. The van der Waals surface area contributed by atoms with Crippen LogP contribution in [0.5, 0.6) is 11.5 Å². The number of hydrogen-bond donors (Lipinski definition) is 1. The molecule has 0 saturated heterocycles. The minimum atomic E-state index is 0.453. The minimum Gasteiger partial charge on any atom is -0.493 e. The van der Waals surface area contributed by atoms with Crippen molar-refractivity contribution in [2.45, 2.75) is 27.7 Å². The highest BCUT2D eigenvalue weighted by Crippen LogP contribution is 2.33. The van der Waals surface area contributed by atoms with E-state index >= 15 is 0 Å². The highest BCUT2D eigenvalue weighted by atomic mass is 16.5. The van der Waals surface area contributed by atoms with E-state index in [1.165, 1.54) is 0 Å². The minimum absolute atomic E-state index is 0.453. The first-order valence-corrected chi connectivity index (χ1v) is 10.3. The number of fused-ring (bicyclic) bond motifs is 1. The molecule has 0 unspecified atom stereocenters. The molecule has 4 rings (SSSR count). The standard InChI is InChI=1S/C25H26N4O3/c1-14-9-15(2)24-19(28-29-25-26-16(3)11-17(4)27-25)13-21(32-23(24)10-14)18-7-8-20(30-5)22(12-18)31-6/h7-13H,1-6H3,(H,26,27,29)/b28-19+. The van der Waals surface area contributed by atoms with Gasteiger partial charge in [0.05, 0.1) is 19.6 Å². The smallest absolute Gasteiger partial charge is 0.243 e. The molecule has 0 bridgehead atoms. The maximum atomic E-state index is 6.30. The largest absolute Gasteiger partial charge is 0.493 e. The molecule has 0 amide bonds. The van der Waals surface area contributed by atoms with Gasteiger partial charge in [-0.3, -0.25) is 0 Å². The maximum absolute atomic E-state index is 6.30. The van der Waals surface area contributed by atoms with Crippen molar-refractivity contribution < 1.29 is 13.9 Å². The lowest BCUT2D eigenvalue weighted by Gasteiger charge is -2.11. The molecule has 0 aliphatic carbocycles. The van der Waals surface area contributed by atoms with Gasteiger partial charge in [0.25, 0.3) is 0 Å². The maximum Gasteiger partial charge on any atom is 0.243 e. The molecule has 7 heteroatoms. The summed E-state index contributed by atoms with van der Waals surface area (Å²) in [5, 5.41) is 6.31. The van der Waals surface area contributed by atoms with Crippen LogP contribution in [0.3, 0.4) is 0 Å². The van der Waals surface area contributed by atoms with Gasteiger partial charge in [0, 0.05) is 28.4 Å². The quantitative estimate of drug-likeness (QED) is 0.445. The van der Waals surface area contributed by atoms with Crippen molar-refractivity contribution in [1.29, 1.82) is 0 Å². The monoisotopic (exact) mass is 430 g/mol. The molecule has 164 valence electrons. The van der Waals surface area contributed by atoms with Gasteiger partial charge in [-0.25, -0.2) is 15.4 Å². The van der Waals surface area contributed by atoms with Gasteiger partial charge in [-0.2, -0.15) is 5.10 Å². The first-order valence-electron chi connectivity index (χ1n) is 10.3. The van der Waals surface area contributed by atoms with E-state index < -0.39 is 0 Å². The molecule has 0 aliphatic rings. The van der Waals surface area contributed by atoms with Gasteiger partial charge >= 0.3 is 0 Å². The predicted octanol–water partition coefficient (Wildman–Crippen LogP) is 5.07. The molecule has 2 aromatic carbocycles. The van der Waals surface area contributed by atoms with Crippen molar-refractivity contribution in [2.75, 3.05) is 19.6 Å². The number of benzene rings is 2. The second kappa shape index (κ2) is 8.70. The van der Waals surface area contributed by atoms with Crippen molar-refractivity contribution in [2.24, 2.45) is 5.10 Å². The summed E-state index contributed by atoms with van der Waals surface area (Å²) in [7, 11) is 3.22. The van der Waals surface area contributed by atoms with Crippen LogP contribution in [-0.4, -0.2) is 24.2 Å². The molecule has 0 radical (unpaired) electrons. The first-order chi connectivity index (χ1) is 15.4. The number of aromatic nitrogens is 2. The van der Waals surface area contributed by atoms with Crippen molar-refractivity contribution in [3.63, 3.8) is 0 Å². The van der Waals surface area contributed by atoms with Crippen LogP contribution in [-0.2, 0) is 0 Å². The molecule has 0 saturated carbocycles. The van der Waals surface area contributed by atoms with Crippen molar-refractivity contribution >= 4 is 16.9 Å². The fourth-order valence-electron chi connectivity index (χ4n) is 3.79. The zero-order chi connectivity index (χ0) is 22.8. The van der Waals surface area contributed by atoms with Crippen molar-refractivity contribution in [1.82, 2.24) is 9.97 Å². The van der Waals surface area contributed by atoms with Crippen LogP contribution in [0.1, 0.15) is 22.5 Å². The van der Waals surface area contributed by atoms with E-state index in [2.05, 4.69) is 26.6 Å². The third kappa shape index (κ3) is 4.27. The van der Waals surface area contributed by atoms with Crippen LogP contribution in [0.2, 0.25) is 0 Å². The lowest BCUT2D eigenvalue weighted by molar-refractivity contribution is 0.355. The summed E-state index contributed by atoms with van der Waals surface area (Å²) in [6, 6.07) is 13.6. The molecule has 0 spiro atoms. The summed E-state index contributed by atoms with van der Waals surface area (Å²) in [5.74, 6) is 2.39. The molecule has 4 aromatic rings. The zero-order valence-electron chi connectivity index (χ0n) is 19.1. The second-order valence-electron chi connectivity index (χ2n) is 7.72. The van der Waals surface area contributed by atoms with E-state index in [1.54, 1.807) is 14.2 Å². The van der Waals surface area contributed by atoms with E-state index in [0.29, 0.717) is 23.2 Å². The van der Waals surface area contributed by atoms with E-state index in [9.17, 15) is 0 Å². The Labute approximate surface area is 186 Å². The predicted molar refractivity (Wildman–Crippen MR) is 125 cm³/mol. The van der Waals surface area contributed by atoms with Gasteiger partial charge in [0.2, 0.25) is 5.95 Å². The summed E-state index contributed by atoms with van der Waals surface area (Å²) < 4.78 is 17.1. The second-order valence-corrected chi connectivity index (χ2v) is 7.72. The van der Waals surface area contributed by atoms with E-state index in [0.717, 1.165) is 44.4 Å². The molecule has 7 nitrogen and oxygen atoms in total. The Hall–Kier alpha value is -3.87. The van der Waals surface area contributed by atoms with Gasteiger partial charge in [0.1, 0.15) is 11.3 Å². The molecular weight excluding hydrogens is 404 g/mol. The van der Waals surface area contributed by atoms with Gasteiger partial charge in [-0.05, 0) is 69.2 Å². The Morgan fingerprint density at radius 1 is 0.844 bits per heavy atom. The topological polar surface area (TPSA) is 81.8 Å². The Morgan fingerprint density at radius 3 is 2.25 bits per heavy atom. The molecule has 0 aliphatic heterocycles. The lowest BCUT2D eigenvalue weighted by Crippen LogP contribution is -2.10. The van der Waals surface area contributed by atoms with E-state index in [1.807, 2.05) is 64.1 Å². The number of rotatable bonds is 5. The van der Waals surface area contributed by atoms with Crippen LogP contribution in [0.15, 0.2) is 52.0 Å². The summed E-state index contributed by atoms with van der Waals surface area (Å²) in [6.45, 7) is 7.95. The average Bonchev–Trinajstić information content (AvgIpc) is 2.75. The van der Waals surface area contributed by atoms with Crippen LogP contribution < -0.4 is 20.3 Å². The van der Waals surface area contributed by atoms with Gasteiger partial charge in [0.15, 0.2) is 11.5 Å². The molecule has 2 aromatic heterocycles. The number of anilines is 1. The lowest BCUT2D eigenvalue weighted by atomic mass is 10.0. The summed E-state index contributed by atoms with van der Waals surface area (Å²) in [5.41, 5.74) is 8.55. The van der Waals surface area contributed by atoms with Crippen LogP contribution in [0, 0.1) is 27.7 Å². The highest BCUT2D eigenvalue weighted by Gasteiger charge is 2.12. The van der Waals surface area contributed by atoms with Crippen LogP contribution in [0.4, 0.5) is 5.95 Å². The number of aryl methyl sites for hydroxylation is 4. The summed E-state index contributed by atoms with van der Waals surface area (Å²) in [4.78, 5) is 8.84. The molecule has 2 heterocycles. The van der Waals surface area contributed by atoms with Crippen molar-refractivity contribution in [3.05, 3.63) is 70.3 Å². The highest BCUT2D eigenvalue weighted by molar-refractivity contribution is 5.82. The number of nitrogens with one attached hydrogen (secondary N) is 1. The third-order valence-electron chi connectivity index (χ3n) is 5.11. The molecule has 0 atom stereocenters. The van der Waals surface area contributed by atoms with E-state index in [-0.39, 0.29) is 0 Å². The number of ether oxygens (including phenoxy) is 2. The normalized spacial score (nSPS) is 11.6. The van der Waals surface area contributed by atoms with Gasteiger partial charge < -0.3 is 13.9 Å². The molecule has 0 fully saturated rings. The summed E-state index contributed by atoms with van der Waals surface area (Å²) >= 11 is 0. The Bertz CT molecular complexity index is 1360. The van der Waals surface area contributed by atoms with Gasteiger partial charge in [-0.1, -0.05) is 6.07 Å². The Balaban J connectivity index is 1.91. The van der Waals surface area contributed by atoms with Crippen molar-refractivity contribution in [3.8, 4) is 22.8 Å². The first kappa shape index (κ1) is 21.4. The molecule has 32 heavy (non-hydrogen) atoms. The van der Waals surface area contributed by atoms with E-state index in [4.69, 9.17) is 13.9 Å². The average molecular weight is 431 g/mol. The number of nitrogens with zero attached hydrogens (tertiary/aromatic N) is 3. The number of methoxy groups -OCH3 is 2. The fourth-order valence-corrected chi connectivity index (χ4v) is 3.79. The summed E-state index contributed by atoms with van der Waals surface area (Å²) in [6.07, 6.45) is 0. The zero-order valence-corrected chi connectivity index (χ0v) is 19.1. The van der Waals surface area contributed by atoms with Crippen LogP contribution in [0.25, 0.3) is 22.3 Å². The number of hydrogen-bond acceptors (Lipinski definition) is 7. The van der Waals surface area contributed by atoms with Crippen LogP contribution >= 0.6 is 0 Å². The third-order valence-corrected chi connectivity index (χ3v) is 5.11. The fraction of sp³-hybridized carbons (Fsp3) is 0.240. The SMILES string of the molecule is COc1ccc(-c2c/c(=N\Nc3nc(C)cc(C)n3)c3c(C)cc(C)cc3o2)cc1OC.